The Morgan fingerprint density at radius 2 is 1.79 bits per heavy atom. The summed E-state index contributed by atoms with van der Waals surface area (Å²) in [7, 11) is 2.86. The minimum absolute atomic E-state index is 0.0803. The minimum atomic E-state index is -0.865. The van der Waals surface area contributed by atoms with Crippen LogP contribution in [0.15, 0.2) is 76.0 Å². The summed E-state index contributed by atoms with van der Waals surface area (Å²) in [5, 5.41) is 10.3. The van der Waals surface area contributed by atoms with Crippen molar-refractivity contribution >= 4 is 29.1 Å². The van der Waals surface area contributed by atoms with Crippen LogP contribution >= 0.6 is 11.3 Å². The number of phenols is 1. The molecule has 1 N–H and O–H groups in total. The van der Waals surface area contributed by atoms with Gasteiger partial charge in [0.2, 0.25) is 12.5 Å². The Kier molecular flexibility index (Phi) is 7.17. The molecule has 3 aromatic carbocycles. The predicted octanol–water partition coefficient (Wildman–Crippen LogP) is 3.39. The Morgan fingerprint density at radius 1 is 1.07 bits per heavy atom. The molecule has 0 fully saturated rings. The number of hydrogen-bond donors (Lipinski definition) is 1. The van der Waals surface area contributed by atoms with Crippen LogP contribution in [-0.2, 0) is 9.53 Å². The molecule has 214 valence electrons. The van der Waals surface area contributed by atoms with E-state index in [4.69, 9.17) is 28.7 Å². The zero-order valence-corrected chi connectivity index (χ0v) is 23.8. The van der Waals surface area contributed by atoms with Gasteiger partial charge < -0.3 is 28.8 Å². The number of carbonyl (C=O) groups is 1. The normalized spacial score (nSPS) is 15.7. The highest BCUT2D eigenvalue weighted by molar-refractivity contribution is 7.07. The minimum Gasteiger partial charge on any atom is -0.502 e. The van der Waals surface area contributed by atoms with E-state index in [-0.39, 0.29) is 41.8 Å². The third-order valence-electron chi connectivity index (χ3n) is 6.89. The lowest BCUT2D eigenvalue weighted by molar-refractivity contribution is -0.138. The van der Waals surface area contributed by atoms with Gasteiger partial charge in [-0.05, 0) is 48.4 Å². The van der Waals surface area contributed by atoms with Gasteiger partial charge in [-0.1, -0.05) is 47.7 Å². The first-order valence-corrected chi connectivity index (χ1v) is 13.9. The molecule has 0 amide bonds. The van der Waals surface area contributed by atoms with Gasteiger partial charge in [0.1, 0.15) is 0 Å². The second kappa shape index (κ2) is 11.1. The first-order chi connectivity index (χ1) is 20.4. The van der Waals surface area contributed by atoms with E-state index in [1.807, 2.05) is 30.3 Å². The van der Waals surface area contributed by atoms with Crippen LogP contribution in [0.4, 0.5) is 0 Å². The van der Waals surface area contributed by atoms with Gasteiger partial charge in [0, 0.05) is 5.56 Å². The fourth-order valence-electron chi connectivity index (χ4n) is 4.99. The van der Waals surface area contributed by atoms with Gasteiger partial charge >= 0.3 is 5.97 Å². The van der Waals surface area contributed by atoms with E-state index in [9.17, 15) is 14.7 Å². The number of carbonyl (C=O) groups excluding carboxylic acids is 1. The molecule has 10 nitrogen and oxygen atoms in total. The summed E-state index contributed by atoms with van der Waals surface area (Å²) in [5.41, 5.74) is 2.19. The maximum Gasteiger partial charge on any atom is 0.338 e. The van der Waals surface area contributed by atoms with E-state index in [0.717, 1.165) is 0 Å². The summed E-state index contributed by atoms with van der Waals surface area (Å²) < 4.78 is 29.1. The van der Waals surface area contributed by atoms with Gasteiger partial charge in [0.15, 0.2) is 27.8 Å². The van der Waals surface area contributed by atoms with Gasteiger partial charge in [0.25, 0.3) is 5.56 Å². The molecule has 3 heterocycles. The Balaban J connectivity index is 1.63. The number of aromatic nitrogens is 1. The van der Waals surface area contributed by atoms with Crippen LogP contribution in [0.2, 0.25) is 0 Å². The lowest BCUT2D eigenvalue weighted by atomic mass is 9.93. The topological polar surface area (TPSA) is 118 Å². The third-order valence-corrected chi connectivity index (χ3v) is 7.87. The smallest absolute Gasteiger partial charge is 0.338 e. The number of esters is 1. The lowest BCUT2D eigenvalue weighted by Crippen LogP contribution is -2.40. The van der Waals surface area contributed by atoms with E-state index in [0.29, 0.717) is 43.2 Å². The molecule has 42 heavy (non-hydrogen) atoms. The number of nitrogens with zero attached hydrogens (tertiary/aromatic N) is 2. The average molecular weight is 587 g/mol. The number of fused-ring (bicyclic) bond motifs is 2. The predicted molar refractivity (Wildman–Crippen MR) is 155 cm³/mol. The molecule has 2 aliphatic heterocycles. The lowest BCUT2D eigenvalue weighted by Gasteiger charge is -2.26. The maximum atomic E-state index is 14.1. The quantitative estimate of drug-likeness (QED) is 0.328. The summed E-state index contributed by atoms with van der Waals surface area (Å²) in [5.74, 6) is 0.758. The zero-order valence-electron chi connectivity index (χ0n) is 23.0. The Morgan fingerprint density at radius 3 is 2.48 bits per heavy atom. The summed E-state index contributed by atoms with van der Waals surface area (Å²) in [4.78, 5) is 33.0. The van der Waals surface area contributed by atoms with E-state index in [1.54, 1.807) is 43.3 Å². The molecule has 4 aromatic rings. The maximum absolute atomic E-state index is 14.1. The van der Waals surface area contributed by atoms with Gasteiger partial charge in [-0.2, -0.15) is 0 Å². The second-order valence-corrected chi connectivity index (χ2v) is 10.3. The van der Waals surface area contributed by atoms with E-state index >= 15 is 0 Å². The van der Waals surface area contributed by atoms with Crippen molar-refractivity contribution in [2.45, 2.75) is 13.0 Å². The molecule has 11 heteroatoms. The highest BCUT2D eigenvalue weighted by Crippen LogP contribution is 2.40. The summed E-state index contributed by atoms with van der Waals surface area (Å²) in [6.45, 7) is 1.95. The fraction of sp³-hybridized carbons (Fsp3) is 0.194. The SMILES string of the molecule is CCOC(=O)C1=C(c2ccccc2)N=c2s/c(=C/c3cc(OC)c(O)c(OC)c3)c(=O)n2[C@H]1c1ccc2c(c1)OCO2. The summed E-state index contributed by atoms with van der Waals surface area (Å²) in [6.07, 6.45) is 1.67. The van der Waals surface area contributed by atoms with Crippen molar-refractivity contribution in [2.24, 2.45) is 4.99 Å². The number of aromatic hydroxyl groups is 1. The van der Waals surface area contributed by atoms with Crippen molar-refractivity contribution in [1.29, 1.82) is 0 Å². The Hall–Kier alpha value is -5.03. The molecule has 1 atom stereocenters. The van der Waals surface area contributed by atoms with Crippen LogP contribution in [0.3, 0.4) is 0 Å². The van der Waals surface area contributed by atoms with E-state index < -0.39 is 12.0 Å². The Labute approximate surface area is 244 Å². The van der Waals surface area contributed by atoms with Crippen LogP contribution in [0.5, 0.6) is 28.7 Å². The second-order valence-electron chi connectivity index (χ2n) is 9.32. The number of thiazole rings is 1. The molecule has 0 radical (unpaired) electrons. The first kappa shape index (κ1) is 27.2. The van der Waals surface area contributed by atoms with Crippen molar-refractivity contribution in [3.63, 3.8) is 0 Å². The molecule has 2 aliphatic rings. The molecule has 0 bridgehead atoms. The van der Waals surface area contributed by atoms with Gasteiger partial charge in [-0.3, -0.25) is 9.36 Å². The van der Waals surface area contributed by atoms with Crippen molar-refractivity contribution in [3.05, 3.63) is 103 Å². The van der Waals surface area contributed by atoms with Gasteiger partial charge in [-0.15, -0.1) is 0 Å². The van der Waals surface area contributed by atoms with Crippen LogP contribution in [0, 0.1) is 0 Å². The molecule has 0 saturated carbocycles. The number of phenolic OH excluding ortho intramolecular Hbond substituents is 1. The fourth-order valence-corrected chi connectivity index (χ4v) is 5.99. The molecular formula is C31H26N2O8S. The van der Waals surface area contributed by atoms with E-state index in [1.165, 1.54) is 30.1 Å². The number of hydrogen-bond acceptors (Lipinski definition) is 10. The third kappa shape index (κ3) is 4.67. The number of methoxy groups -OCH3 is 2. The molecule has 1 aromatic heterocycles. The molecule has 6 rings (SSSR count). The van der Waals surface area contributed by atoms with Crippen molar-refractivity contribution in [1.82, 2.24) is 4.57 Å². The number of rotatable bonds is 7. The highest BCUT2D eigenvalue weighted by atomic mass is 32.1. The highest BCUT2D eigenvalue weighted by Gasteiger charge is 2.36. The average Bonchev–Trinajstić information content (AvgIpc) is 3.61. The van der Waals surface area contributed by atoms with Gasteiger partial charge in [-0.25, -0.2) is 9.79 Å². The van der Waals surface area contributed by atoms with E-state index in [2.05, 4.69) is 0 Å². The van der Waals surface area contributed by atoms with Crippen LogP contribution in [0.1, 0.15) is 29.7 Å². The number of ether oxygens (including phenoxy) is 5. The van der Waals surface area contributed by atoms with Crippen molar-refractivity contribution in [2.75, 3.05) is 27.6 Å². The Bertz CT molecular complexity index is 1880. The molecule has 0 aliphatic carbocycles. The van der Waals surface area contributed by atoms with Crippen LogP contribution in [0.25, 0.3) is 11.8 Å². The largest absolute Gasteiger partial charge is 0.502 e. The monoisotopic (exact) mass is 586 g/mol. The molecule has 0 unspecified atom stereocenters. The van der Waals surface area contributed by atoms with Crippen molar-refractivity contribution < 1.29 is 33.6 Å². The first-order valence-electron chi connectivity index (χ1n) is 13.1. The van der Waals surface area contributed by atoms with Crippen LogP contribution < -0.4 is 33.8 Å². The van der Waals surface area contributed by atoms with Crippen LogP contribution in [-0.4, -0.2) is 43.3 Å². The molecule has 0 spiro atoms. The summed E-state index contributed by atoms with van der Waals surface area (Å²) >= 11 is 1.18. The summed E-state index contributed by atoms with van der Waals surface area (Å²) in [6, 6.07) is 17.0. The molecule has 0 saturated heterocycles. The molecular weight excluding hydrogens is 560 g/mol. The van der Waals surface area contributed by atoms with Gasteiger partial charge in [0.05, 0.1) is 42.7 Å². The van der Waals surface area contributed by atoms with Crippen molar-refractivity contribution in [3.8, 4) is 28.7 Å². The number of benzene rings is 3. The standard InChI is InChI=1S/C31H26N2O8S/c1-4-39-30(36)25-26(18-8-6-5-7-9-18)32-31-33(27(25)19-10-11-20-21(15-19)41-16-40-20)29(35)24(42-31)14-17-12-22(37-2)28(34)23(13-17)38-3/h5-15,27,34H,4,16H2,1-3H3/b24-14+/t27-/m0/s1. The zero-order chi connectivity index (χ0) is 29.4.